The molecule has 3 heterocycles. The van der Waals surface area contributed by atoms with Crippen LogP contribution in [0, 0.1) is 31.6 Å². The summed E-state index contributed by atoms with van der Waals surface area (Å²) in [6.07, 6.45) is 2.00. The first-order chi connectivity index (χ1) is 18.5. The molecule has 2 N–H and O–H groups in total. The number of amides is 2. The van der Waals surface area contributed by atoms with Crippen LogP contribution in [-0.2, 0) is 19.1 Å². The Bertz CT molecular complexity index is 1310. The molecule has 7 atom stereocenters. The number of carboxylic acid groups (broad SMARTS) is 1. The molecule has 0 aliphatic carbocycles. The third-order valence-electron chi connectivity index (χ3n) is 9.23. The highest BCUT2D eigenvalue weighted by atomic mass is 16.5. The van der Waals surface area contributed by atoms with Crippen molar-refractivity contribution in [3.8, 4) is 0 Å². The second kappa shape index (κ2) is 9.61. The maximum Gasteiger partial charge on any atom is 0.310 e. The minimum Gasteiger partial charge on any atom is -0.481 e. The second-order valence-corrected chi connectivity index (χ2v) is 11.4. The standard InChI is InChI=1S/C31H36N2O6/c1-6-15-32(25-18(2)11-10-12-19(25)3)28(36)26-31-16-20(4)30(5,39-31)24(29(37)38)23(31)27(35)33(26)22(17-34)21-13-8-7-9-14-21/h6-14,20,22-24,26,34H,1,15-17H2,2-5H3,(H,37,38)/t20?,22-,23+,24+,26?,30-,31?/m1/s1. The Morgan fingerprint density at radius 1 is 1.18 bits per heavy atom. The number of hydrogen-bond donors (Lipinski definition) is 2. The Kier molecular flexibility index (Phi) is 6.67. The molecular weight excluding hydrogens is 496 g/mol. The summed E-state index contributed by atoms with van der Waals surface area (Å²) < 4.78 is 6.65. The third-order valence-corrected chi connectivity index (χ3v) is 9.23. The van der Waals surface area contributed by atoms with Gasteiger partial charge in [0.1, 0.15) is 17.6 Å². The molecule has 2 aromatic carbocycles. The van der Waals surface area contributed by atoms with E-state index in [0.29, 0.717) is 12.0 Å². The lowest BCUT2D eigenvalue weighted by Gasteiger charge is -2.40. The summed E-state index contributed by atoms with van der Waals surface area (Å²) in [4.78, 5) is 44.9. The number of nitrogens with zero attached hydrogens (tertiary/aromatic N) is 2. The molecule has 39 heavy (non-hydrogen) atoms. The minimum absolute atomic E-state index is 0.189. The minimum atomic E-state index is -1.34. The van der Waals surface area contributed by atoms with Gasteiger partial charge >= 0.3 is 5.97 Å². The topological polar surface area (TPSA) is 107 Å². The number of para-hydroxylation sites is 1. The van der Waals surface area contributed by atoms with E-state index in [1.54, 1.807) is 42.2 Å². The zero-order valence-electron chi connectivity index (χ0n) is 22.8. The van der Waals surface area contributed by atoms with Gasteiger partial charge in [0.25, 0.3) is 5.91 Å². The summed E-state index contributed by atoms with van der Waals surface area (Å²) in [5.74, 6) is -4.33. The Balaban J connectivity index is 1.73. The SMILES string of the molecule is C=CCN(C(=O)C1N([C@H](CO)c2ccccc2)C(=O)[C@@H]2[C@@H](C(=O)O)[C@]3(C)OC12CC3C)c1c(C)cccc1C. The number of ether oxygens (including phenoxy) is 1. The van der Waals surface area contributed by atoms with Gasteiger partial charge in [0.2, 0.25) is 5.91 Å². The molecule has 3 unspecified atom stereocenters. The van der Waals surface area contributed by atoms with Crippen molar-refractivity contribution < 1.29 is 29.3 Å². The van der Waals surface area contributed by atoms with Gasteiger partial charge in [0, 0.05) is 12.2 Å². The highest BCUT2D eigenvalue weighted by molar-refractivity contribution is 6.05. The number of hydrogen-bond acceptors (Lipinski definition) is 5. The molecule has 3 saturated heterocycles. The van der Waals surface area contributed by atoms with Gasteiger partial charge in [-0.1, -0.05) is 61.5 Å². The molecule has 3 fully saturated rings. The van der Waals surface area contributed by atoms with E-state index < -0.39 is 53.6 Å². The molecule has 8 heteroatoms. The Hall–Kier alpha value is -3.49. The van der Waals surface area contributed by atoms with Gasteiger partial charge in [0.15, 0.2) is 0 Å². The molecule has 8 nitrogen and oxygen atoms in total. The number of aliphatic hydroxyl groups is 1. The molecule has 0 aromatic heterocycles. The lowest BCUT2D eigenvalue weighted by atomic mass is 9.62. The van der Waals surface area contributed by atoms with Crippen LogP contribution in [-0.4, -0.2) is 63.3 Å². The highest BCUT2D eigenvalue weighted by Crippen LogP contribution is 2.66. The van der Waals surface area contributed by atoms with Crippen molar-refractivity contribution in [3.63, 3.8) is 0 Å². The van der Waals surface area contributed by atoms with Crippen LogP contribution in [0.2, 0.25) is 0 Å². The van der Waals surface area contributed by atoms with Crippen LogP contribution in [0.5, 0.6) is 0 Å². The van der Waals surface area contributed by atoms with E-state index in [4.69, 9.17) is 4.74 Å². The number of aliphatic hydroxyl groups excluding tert-OH is 1. The fourth-order valence-corrected chi connectivity index (χ4v) is 7.50. The number of rotatable bonds is 8. The number of aryl methyl sites for hydroxylation is 2. The van der Waals surface area contributed by atoms with Gasteiger partial charge in [-0.05, 0) is 49.8 Å². The van der Waals surface area contributed by atoms with Crippen molar-refractivity contribution in [3.05, 3.63) is 77.9 Å². The van der Waals surface area contributed by atoms with E-state index in [2.05, 4.69) is 6.58 Å². The number of fused-ring (bicyclic) bond motifs is 1. The average Bonchev–Trinajstić information content (AvgIpc) is 3.41. The van der Waals surface area contributed by atoms with Gasteiger partial charge in [0.05, 0.1) is 24.2 Å². The van der Waals surface area contributed by atoms with Gasteiger partial charge in [-0.15, -0.1) is 6.58 Å². The quantitative estimate of drug-likeness (QED) is 0.503. The number of aliphatic carboxylic acids is 1. The van der Waals surface area contributed by atoms with E-state index in [1.807, 2.05) is 45.0 Å². The molecule has 3 aliphatic heterocycles. The van der Waals surface area contributed by atoms with Gasteiger partial charge in [-0.25, -0.2) is 0 Å². The zero-order chi connectivity index (χ0) is 28.3. The van der Waals surface area contributed by atoms with Crippen LogP contribution in [0.4, 0.5) is 5.69 Å². The predicted octanol–water partition coefficient (Wildman–Crippen LogP) is 3.65. The second-order valence-electron chi connectivity index (χ2n) is 11.4. The van der Waals surface area contributed by atoms with Crippen LogP contribution >= 0.6 is 0 Å². The van der Waals surface area contributed by atoms with Crippen LogP contribution in [0.25, 0.3) is 0 Å². The number of anilines is 1. The van der Waals surface area contributed by atoms with Crippen LogP contribution in [0.1, 0.15) is 43.0 Å². The van der Waals surface area contributed by atoms with Gasteiger partial charge in [-0.2, -0.15) is 0 Å². The smallest absolute Gasteiger partial charge is 0.310 e. The fraction of sp³-hybridized carbons (Fsp3) is 0.452. The number of likely N-dealkylation sites (tertiary alicyclic amines) is 1. The number of carboxylic acids is 1. The molecule has 0 radical (unpaired) electrons. The Morgan fingerprint density at radius 2 is 1.82 bits per heavy atom. The van der Waals surface area contributed by atoms with E-state index in [0.717, 1.165) is 16.8 Å². The Morgan fingerprint density at radius 3 is 2.38 bits per heavy atom. The molecular formula is C31H36N2O6. The van der Waals surface area contributed by atoms with Crippen LogP contribution in [0.3, 0.4) is 0 Å². The summed E-state index contributed by atoms with van der Waals surface area (Å²) >= 11 is 0. The van der Waals surface area contributed by atoms with Crippen molar-refractivity contribution in [1.29, 1.82) is 0 Å². The number of carbonyl (C=O) groups excluding carboxylic acids is 2. The molecule has 5 rings (SSSR count). The molecule has 2 aromatic rings. The van der Waals surface area contributed by atoms with Crippen molar-refractivity contribution in [1.82, 2.24) is 4.90 Å². The van der Waals surface area contributed by atoms with Crippen molar-refractivity contribution in [2.45, 2.75) is 57.4 Å². The first kappa shape index (κ1) is 27.1. The number of benzene rings is 2. The van der Waals surface area contributed by atoms with E-state index >= 15 is 0 Å². The first-order valence-corrected chi connectivity index (χ1v) is 13.4. The monoisotopic (exact) mass is 532 g/mol. The largest absolute Gasteiger partial charge is 0.481 e. The summed E-state index contributed by atoms with van der Waals surface area (Å²) in [7, 11) is 0. The number of carbonyl (C=O) groups is 3. The molecule has 2 amide bonds. The van der Waals surface area contributed by atoms with Crippen molar-refractivity contribution >= 4 is 23.5 Å². The molecule has 3 aliphatic rings. The summed E-state index contributed by atoms with van der Waals surface area (Å²) in [5.41, 5.74) is 0.709. The molecule has 1 spiro atoms. The highest BCUT2D eigenvalue weighted by Gasteiger charge is 2.80. The van der Waals surface area contributed by atoms with Crippen molar-refractivity contribution in [2.24, 2.45) is 17.8 Å². The lowest BCUT2D eigenvalue weighted by Crippen LogP contribution is -2.57. The van der Waals surface area contributed by atoms with E-state index in [-0.39, 0.29) is 18.4 Å². The maximum absolute atomic E-state index is 14.8. The van der Waals surface area contributed by atoms with E-state index in [1.165, 1.54) is 4.90 Å². The first-order valence-electron chi connectivity index (χ1n) is 13.4. The predicted molar refractivity (Wildman–Crippen MR) is 146 cm³/mol. The molecule has 206 valence electrons. The summed E-state index contributed by atoms with van der Waals surface area (Å²) in [6, 6.07) is 12.8. The third kappa shape index (κ3) is 3.76. The van der Waals surface area contributed by atoms with Crippen molar-refractivity contribution in [2.75, 3.05) is 18.1 Å². The molecule has 0 saturated carbocycles. The van der Waals surface area contributed by atoms with E-state index in [9.17, 15) is 24.6 Å². The van der Waals surface area contributed by atoms with Gasteiger partial charge in [-0.3, -0.25) is 14.4 Å². The van der Waals surface area contributed by atoms with Gasteiger partial charge < -0.3 is 24.7 Å². The summed E-state index contributed by atoms with van der Waals surface area (Å²) in [6.45, 7) is 11.1. The molecule has 2 bridgehead atoms. The fourth-order valence-electron chi connectivity index (χ4n) is 7.50. The van der Waals surface area contributed by atoms with Crippen LogP contribution < -0.4 is 4.90 Å². The normalized spacial score (nSPS) is 31.7. The van der Waals surface area contributed by atoms with Crippen LogP contribution in [0.15, 0.2) is 61.2 Å². The zero-order valence-corrected chi connectivity index (χ0v) is 22.8. The average molecular weight is 533 g/mol. The summed E-state index contributed by atoms with van der Waals surface area (Å²) in [5, 5.41) is 21.0. The lowest BCUT2D eigenvalue weighted by molar-refractivity contribution is -0.157. The maximum atomic E-state index is 14.8. The Labute approximate surface area is 228 Å².